The third kappa shape index (κ3) is 4.03. The average molecular weight is 367 g/mol. The van der Waals surface area contributed by atoms with Crippen molar-refractivity contribution < 1.29 is 14.6 Å². The Labute approximate surface area is 161 Å². The lowest BCUT2D eigenvalue weighted by atomic mass is 9.79. The van der Waals surface area contributed by atoms with E-state index >= 15 is 0 Å². The molecule has 2 aliphatic rings. The number of rotatable bonds is 6. The van der Waals surface area contributed by atoms with Crippen molar-refractivity contribution in [3.8, 4) is 5.75 Å². The van der Waals surface area contributed by atoms with Crippen LogP contribution in [-0.2, 0) is 17.9 Å². The van der Waals surface area contributed by atoms with Crippen LogP contribution in [0.25, 0.3) is 0 Å². The molecule has 27 heavy (non-hydrogen) atoms. The molecule has 1 saturated heterocycles. The molecule has 0 aromatic heterocycles. The van der Waals surface area contributed by atoms with Crippen LogP contribution >= 0.6 is 0 Å². The molecule has 2 aromatic carbocycles. The highest BCUT2D eigenvalue weighted by molar-refractivity contribution is 5.28. The standard InChI is InChI=1S/C23H29NO3/c1-26-23-12-11-20(25)15-22(23)24(14-13-23)16-18-7-9-21(10-8-18)27-17-19-5-3-2-4-6-19/h2-10,20,22,25H,11-17H2,1H3/t20-,22+,23-/m1/s1. The Hall–Kier alpha value is -1.88. The largest absolute Gasteiger partial charge is 0.489 e. The van der Waals surface area contributed by atoms with Gasteiger partial charge in [-0.25, -0.2) is 0 Å². The lowest BCUT2D eigenvalue weighted by molar-refractivity contribution is -0.0879. The topological polar surface area (TPSA) is 41.9 Å². The predicted molar refractivity (Wildman–Crippen MR) is 106 cm³/mol. The van der Waals surface area contributed by atoms with Crippen molar-refractivity contribution >= 4 is 0 Å². The average Bonchev–Trinajstić information content (AvgIpc) is 3.06. The fraction of sp³-hybridized carbons (Fsp3) is 0.478. The number of hydrogen-bond donors (Lipinski definition) is 1. The highest BCUT2D eigenvalue weighted by atomic mass is 16.5. The summed E-state index contributed by atoms with van der Waals surface area (Å²) < 4.78 is 11.8. The number of fused-ring (bicyclic) bond motifs is 1. The summed E-state index contributed by atoms with van der Waals surface area (Å²) in [5, 5.41) is 10.1. The maximum atomic E-state index is 10.1. The summed E-state index contributed by atoms with van der Waals surface area (Å²) in [5.41, 5.74) is 2.37. The van der Waals surface area contributed by atoms with Gasteiger partial charge in [0.05, 0.1) is 11.7 Å². The van der Waals surface area contributed by atoms with Crippen LogP contribution < -0.4 is 4.74 Å². The molecule has 0 bridgehead atoms. The van der Waals surface area contributed by atoms with Gasteiger partial charge >= 0.3 is 0 Å². The summed E-state index contributed by atoms with van der Waals surface area (Å²) in [4.78, 5) is 2.48. The molecule has 1 heterocycles. The Balaban J connectivity index is 1.37. The molecule has 0 radical (unpaired) electrons. The maximum absolute atomic E-state index is 10.1. The molecule has 0 spiro atoms. The molecule has 144 valence electrons. The van der Waals surface area contributed by atoms with Gasteiger partial charge in [-0.2, -0.15) is 0 Å². The maximum Gasteiger partial charge on any atom is 0.119 e. The second kappa shape index (κ2) is 8.01. The fourth-order valence-electron chi connectivity index (χ4n) is 4.63. The van der Waals surface area contributed by atoms with Crippen LogP contribution in [0.2, 0.25) is 0 Å². The van der Waals surface area contributed by atoms with Gasteiger partial charge in [-0.1, -0.05) is 42.5 Å². The minimum absolute atomic E-state index is 0.0715. The van der Waals surface area contributed by atoms with Crippen molar-refractivity contribution in [2.24, 2.45) is 0 Å². The van der Waals surface area contributed by atoms with Gasteiger partial charge in [0, 0.05) is 26.2 Å². The minimum Gasteiger partial charge on any atom is -0.489 e. The van der Waals surface area contributed by atoms with E-state index in [-0.39, 0.29) is 11.7 Å². The minimum atomic E-state index is -0.201. The Bertz CT molecular complexity index is 733. The van der Waals surface area contributed by atoms with Crippen molar-refractivity contribution in [2.75, 3.05) is 13.7 Å². The van der Waals surface area contributed by atoms with Gasteiger partial charge in [0.15, 0.2) is 0 Å². The summed E-state index contributed by atoms with van der Waals surface area (Å²) >= 11 is 0. The van der Waals surface area contributed by atoms with E-state index in [1.807, 2.05) is 37.4 Å². The molecule has 3 atom stereocenters. The van der Waals surface area contributed by atoms with Crippen molar-refractivity contribution in [3.63, 3.8) is 0 Å². The molecule has 0 amide bonds. The van der Waals surface area contributed by atoms with E-state index in [9.17, 15) is 5.11 Å². The third-order valence-corrected chi connectivity index (χ3v) is 6.23. The van der Waals surface area contributed by atoms with Gasteiger partial charge in [-0.3, -0.25) is 4.90 Å². The second-order valence-electron chi connectivity index (χ2n) is 7.85. The van der Waals surface area contributed by atoms with Gasteiger partial charge in [0.25, 0.3) is 0 Å². The Morgan fingerprint density at radius 2 is 1.81 bits per heavy atom. The molecule has 4 heteroatoms. The van der Waals surface area contributed by atoms with Gasteiger partial charge in [-0.05, 0) is 48.9 Å². The van der Waals surface area contributed by atoms with Crippen LogP contribution in [0.1, 0.15) is 36.8 Å². The number of ether oxygens (including phenoxy) is 2. The molecule has 4 nitrogen and oxygen atoms in total. The first-order chi connectivity index (χ1) is 13.2. The van der Waals surface area contributed by atoms with Crippen molar-refractivity contribution in [2.45, 2.75) is 56.6 Å². The van der Waals surface area contributed by atoms with E-state index in [0.717, 1.165) is 44.5 Å². The number of methoxy groups -OCH3 is 1. The van der Waals surface area contributed by atoms with E-state index in [1.54, 1.807) is 0 Å². The molecule has 1 aliphatic heterocycles. The quantitative estimate of drug-likeness (QED) is 0.844. The zero-order valence-corrected chi connectivity index (χ0v) is 16.0. The number of nitrogens with zero attached hydrogens (tertiary/aromatic N) is 1. The van der Waals surface area contributed by atoms with Crippen LogP contribution in [0, 0.1) is 0 Å². The first-order valence-corrected chi connectivity index (χ1v) is 9.91. The normalized spacial score (nSPS) is 28.1. The van der Waals surface area contributed by atoms with Gasteiger partial charge in [-0.15, -0.1) is 0 Å². The van der Waals surface area contributed by atoms with Crippen LogP contribution in [0.5, 0.6) is 5.75 Å². The Morgan fingerprint density at radius 1 is 1.04 bits per heavy atom. The Kier molecular flexibility index (Phi) is 5.48. The van der Waals surface area contributed by atoms with Crippen LogP contribution in [0.3, 0.4) is 0 Å². The molecule has 4 rings (SSSR count). The van der Waals surface area contributed by atoms with Gasteiger partial charge < -0.3 is 14.6 Å². The predicted octanol–water partition coefficient (Wildman–Crippen LogP) is 3.77. The molecule has 0 unspecified atom stereocenters. The van der Waals surface area contributed by atoms with Crippen molar-refractivity contribution in [1.82, 2.24) is 4.90 Å². The summed E-state index contributed by atoms with van der Waals surface area (Å²) in [6, 6.07) is 18.9. The van der Waals surface area contributed by atoms with E-state index in [1.165, 1.54) is 11.1 Å². The first-order valence-electron chi connectivity index (χ1n) is 9.91. The molecule has 1 saturated carbocycles. The van der Waals surface area contributed by atoms with Crippen molar-refractivity contribution in [3.05, 3.63) is 65.7 Å². The second-order valence-corrected chi connectivity index (χ2v) is 7.85. The number of aliphatic hydroxyl groups excluding tert-OH is 1. The van der Waals surface area contributed by atoms with Gasteiger partial charge in [0.1, 0.15) is 12.4 Å². The molecule has 2 fully saturated rings. The molecule has 2 aromatic rings. The third-order valence-electron chi connectivity index (χ3n) is 6.23. The van der Waals surface area contributed by atoms with E-state index in [2.05, 4.69) is 29.2 Å². The highest BCUT2D eigenvalue weighted by Gasteiger charge is 2.50. The Morgan fingerprint density at radius 3 is 2.56 bits per heavy atom. The van der Waals surface area contributed by atoms with Gasteiger partial charge in [0.2, 0.25) is 0 Å². The van der Waals surface area contributed by atoms with Crippen LogP contribution in [0.4, 0.5) is 0 Å². The van der Waals surface area contributed by atoms with Crippen LogP contribution in [0.15, 0.2) is 54.6 Å². The number of hydrogen-bond acceptors (Lipinski definition) is 4. The zero-order chi connectivity index (χ0) is 18.7. The molecular formula is C23H29NO3. The van der Waals surface area contributed by atoms with E-state index in [0.29, 0.717) is 12.6 Å². The molecular weight excluding hydrogens is 338 g/mol. The highest BCUT2D eigenvalue weighted by Crippen LogP contribution is 2.42. The number of aliphatic hydroxyl groups is 1. The SMILES string of the molecule is CO[C@@]12CC[C@@H](O)C[C@@H]1N(Cc1ccc(OCc3ccccc3)cc1)CC2. The zero-order valence-electron chi connectivity index (χ0n) is 16.0. The lowest BCUT2D eigenvalue weighted by Gasteiger charge is -2.42. The lowest BCUT2D eigenvalue weighted by Crippen LogP contribution is -2.51. The summed E-state index contributed by atoms with van der Waals surface area (Å²) in [6.07, 6.45) is 3.47. The summed E-state index contributed by atoms with van der Waals surface area (Å²) in [6.45, 7) is 2.50. The number of benzene rings is 2. The number of likely N-dealkylation sites (tertiary alicyclic amines) is 1. The summed E-state index contributed by atoms with van der Waals surface area (Å²) in [7, 11) is 1.83. The molecule has 1 aliphatic carbocycles. The molecule has 1 N–H and O–H groups in total. The van der Waals surface area contributed by atoms with Crippen molar-refractivity contribution in [1.29, 1.82) is 0 Å². The van der Waals surface area contributed by atoms with E-state index in [4.69, 9.17) is 9.47 Å². The summed E-state index contributed by atoms with van der Waals surface area (Å²) in [5.74, 6) is 0.892. The van der Waals surface area contributed by atoms with Crippen LogP contribution in [-0.4, -0.2) is 41.4 Å². The monoisotopic (exact) mass is 367 g/mol. The fourth-order valence-corrected chi connectivity index (χ4v) is 4.63. The first kappa shape index (κ1) is 18.5. The van der Waals surface area contributed by atoms with E-state index < -0.39 is 0 Å². The smallest absolute Gasteiger partial charge is 0.119 e.